The smallest absolute Gasteiger partial charge is 0.165 e. The van der Waals surface area contributed by atoms with Gasteiger partial charge in [0.1, 0.15) is 0 Å². The SMILES string of the molecule is OP(O)CC(CCc1ccccc1)c1ccccc1. The maximum absolute atomic E-state index is 9.30. The summed E-state index contributed by atoms with van der Waals surface area (Å²) < 4.78 is 0. The average Bonchev–Trinajstić information content (AvgIpc) is 2.45. The lowest BCUT2D eigenvalue weighted by molar-refractivity contribution is 0.473. The molecule has 0 aliphatic carbocycles. The normalized spacial score (nSPS) is 12.6. The van der Waals surface area contributed by atoms with Crippen LogP contribution in [-0.2, 0) is 6.42 Å². The van der Waals surface area contributed by atoms with Crippen molar-refractivity contribution < 1.29 is 9.79 Å². The van der Waals surface area contributed by atoms with Gasteiger partial charge in [-0.1, -0.05) is 60.7 Å². The Labute approximate surface area is 115 Å². The Kier molecular flexibility index (Phi) is 5.53. The van der Waals surface area contributed by atoms with Gasteiger partial charge in [-0.25, -0.2) is 0 Å². The Hall–Kier alpha value is -1.21. The third-order valence-corrected chi connectivity index (χ3v) is 4.05. The number of hydrogen-bond acceptors (Lipinski definition) is 2. The molecular weight excluding hydrogens is 255 g/mol. The number of rotatable bonds is 6. The van der Waals surface area contributed by atoms with Crippen molar-refractivity contribution in [2.75, 3.05) is 6.16 Å². The predicted molar refractivity (Wildman–Crippen MR) is 80.2 cm³/mol. The molecule has 2 aromatic carbocycles. The van der Waals surface area contributed by atoms with Crippen LogP contribution < -0.4 is 0 Å². The van der Waals surface area contributed by atoms with Gasteiger partial charge < -0.3 is 9.79 Å². The van der Waals surface area contributed by atoms with E-state index in [2.05, 4.69) is 24.3 Å². The number of hydrogen-bond donors (Lipinski definition) is 2. The molecule has 0 bridgehead atoms. The summed E-state index contributed by atoms with van der Waals surface area (Å²) in [5.41, 5.74) is 2.48. The maximum atomic E-state index is 9.30. The highest BCUT2D eigenvalue weighted by Gasteiger charge is 2.15. The molecule has 2 N–H and O–H groups in total. The van der Waals surface area contributed by atoms with E-state index in [-0.39, 0.29) is 5.92 Å². The molecule has 0 aromatic heterocycles. The van der Waals surface area contributed by atoms with Crippen LogP contribution in [0.3, 0.4) is 0 Å². The van der Waals surface area contributed by atoms with Gasteiger partial charge in [0.25, 0.3) is 0 Å². The molecule has 2 nitrogen and oxygen atoms in total. The fraction of sp³-hybridized carbons (Fsp3) is 0.250. The van der Waals surface area contributed by atoms with Crippen LogP contribution in [0.4, 0.5) is 0 Å². The molecule has 0 fully saturated rings. The monoisotopic (exact) mass is 274 g/mol. The third-order valence-electron chi connectivity index (χ3n) is 3.28. The van der Waals surface area contributed by atoms with E-state index in [9.17, 15) is 9.79 Å². The standard InChI is InChI=1S/C16H19O2P/c17-19(18)13-16(15-9-5-2-6-10-15)12-11-14-7-3-1-4-8-14/h1-10,16-18H,11-13H2. The van der Waals surface area contributed by atoms with Crippen LogP contribution >= 0.6 is 8.38 Å². The van der Waals surface area contributed by atoms with Gasteiger partial charge in [0.05, 0.1) is 0 Å². The molecule has 3 heteroatoms. The van der Waals surface area contributed by atoms with E-state index in [1.165, 1.54) is 11.1 Å². The van der Waals surface area contributed by atoms with E-state index < -0.39 is 8.38 Å². The largest absolute Gasteiger partial charge is 0.350 e. The summed E-state index contributed by atoms with van der Waals surface area (Å²) >= 11 is 0. The van der Waals surface area contributed by atoms with Crippen LogP contribution in [0.2, 0.25) is 0 Å². The Morgan fingerprint density at radius 3 is 2.00 bits per heavy atom. The first-order chi connectivity index (χ1) is 9.25. The van der Waals surface area contributed by atoms with Gasteiger partial charge in [-0.3, -0.25) is 0 Å². The third kappa shape index (κ3) is 4.76. The first-order valence-corrected chi connectivity index (χ1v) is 7.93. The van der Waals surface area contributed by atoms with Crippen molar-refractivity contribution in [3.8, 4) is 0 Å². The van der Waals surface area contributed by atoms with E-state index in [1.54, 1.807) is 0 Å². The van der Waals surface area contributed by atoms with Crippen molar-refractivity contribution in [3.05, 3.63) is 71.8 Å². The van der Waals surface area contributed by atoms with Gasteiger partial charge in [-0.05, 0) is 29.9 Å². The second-order valence-electron chi connectivity index (χ2n) is 4.69. The molecule has 0 saturated carbocycles. The summed E-state index contributed by atoms with van der Waals surface area (Å²) in [4.78, 5) is 18.6. The highest BCUT2D eigenvalue weighted by atomic mass is 31.2. The summed E-state index contributed by atoms with van der Waals surface area (Å²) in [6.07, 6.45) is 2.35. The predicted octanol–water partition coefficient (Wildman–Crippen LogP) is 3.70. The van der Waals surface area contributed by atoms with Crippen molar-refractivity contribution in [1.82, 2.24) is 0 Å². The topological polar surface area (TPSA) is 40.5 Å². The van der Waals surface area contributed by atoms with Crippen molar-refractivity contribution in [2.45, 2.75) is 18.8 Å². The molecule has 2 rings (SSSR count). The second-order valence-corrected chi connectivity index (χ2v) is 5.80. The second kappa shape index (κ2) is 7.40. The Morgan fingerprint density at radius 1 is 0.842 bits per heavy atom. The Bertz CT molecular complexity index is 471. The van der Waals surface area contributed by atoms with Crippen molar-refractivity contribution >= 4 is 8.38 Å². The van der Waals surface area contributed by atoms with Crippen LogP contribution in [0.25, 0.3) is 0 Å². The molecule has 0 heterocycles. The van der Waals surface area contributed by atoms with Gasteiger partial charge in [-0.2, -0.15) is 0 Å². The summed E-state index contributed by atoms with van der Waals surface area (Å²) in [6, 6.07) is 20.4. The molecular formula is C16H19O2P. The van der Waals surface area contributed by atoms with E-state index in [0.717, 1.165) is 12.8 Å². The molecule has 100 valence electrons. The van der Waals surface area contributed by atoms with Gasteiger partial charge in [0, 0.05) is 6.16 Å². The molecule has 19 heavy (non-hydrogen) atoms. The zero-order valence-electron chi connectivity index (χ0n) is 10.8. The number of aryl methyl sites for hydroxylation is 1. The van der Waals surface area contributed by atoms with Crippen LogP contribution in [0.1, 0.15) is 23.5 Å². The quantitative estimate of drug-likeness (QED) is 0.788. The summed E-state index contributed by atoms with van der Waals surface area (Å²) in [5, 5.41) is 0. The average molecular weight is 274 g/mol. The lowest BCUT2D eigenvalue weighted by atomic mass is 9.94. The minimum Gasteiger partial charge on any atom is -0.350 e. The van der Waals surface area contributed by atoms with Gasteiger partial charge in [-0.15, -0.1) is 0 Å². The molecule has 0 radical (unpaired) electrons. The zero-order valence-corrected chi connectivity index (χ0v) is 11.7. The Morgan fingerprint density at radius 2 is 1.42 bits per heavy atom. The molecule has 1 unspecified atom stereocenters. The molecule has 0 saturated heterocycles. The first-order valence-electron chi connectivity index (χ1n) is 6.50. The highest BCUT2D eigenvalue weighted by molar-refractivity contribution is 7.45. The minimum absolute atomic E-state index is 0.211. The van der Waals surface area contributed by atoms with E-state index in [0.29, 0.717) is 6.16 Å². The molecule has 0 aliphatic rings. The molecule has 0 spiro atoms. The van der Waals surface area contributed by atoms with Gasteiger partial charge >= 0.3 is 0 Å². The maximum Gasteiger partial charge on any atom is 0.165 e. The molecule has 0 amide bonds. The summed E-state index contributed by atoms with van der Waals surface area (Å²) in [5.74, 6) is 0.211. The van der Waals surface area contributed by atoms with Crippen LogP contribution in [-0.4, -0.2) is 15.9 Å². The van der Waals surface area contributed by atoms with E-state index in [1.807, 2.05) is 36.4 Å². The van der Waals surface area contributed by atoms with Crippen molar-refractivity contribution in [2.24, 2.45) is 0 Å². The first kappa shape index (κ1) is 14.2. The highest BCUT2D eigenvalue weighted by Crippen LogP contribution is 2.34. The zero-order chi connectivity index (χ0) is 13.5. The lowest BCUT2D eigenvalue weighted by Gasteiger charge is -2.18. The molecule has 2 aromatic rings. The van der Waals surface area contributed by atoms with Crippen LogP contribution in [0, 0.1) is 0 Å². The van der Waals surface area contributed by atoms with E-state index >= 15 is 0 Å². The minimum atomic E-state index is -1.84. The van der Waals surface area contributed by atoms with Crippen molar-refractivity contribution in [1.29, 1.82) is 0 Å². The van der Waals surface area contributed by atoms with Gasteiger partial charge in [0.2, 0.25) is 0 Å². The summed E-state index contributed by atoms with van der Waals surface area (Å²) in [6.45, 7) is 0. The van der Waals surface area contributed by atoms with E-state index in [4.69, 9.17) is 0 Å². The van der Waals surface area contributed by atoms with Crippen molar-refractivity contribution in [3.63, 3.8) is 0 Å². The number of benzene rings is 2. The fourth-order valence-corrected chi connectivity index (χ4v) is 3.06. The summed E-state index contributed by atoms with van der Waals surface area (Å²) in [7, 11) is -1.84. The van der Waals surface area contributed by atoms with Crippen LogP contribution in [0.5, 0.6) is 0 Å². The fourth-order valence-electron chi connectivity index (χ4n) is 2.27. The molecule has 1 atom stereocenters. The lowest BCUT2D eigenvalue weighted by Crippen LogP contribution is -2.05. The van der Waals surface area contributed by atoms with Crippen LogP contribution in [0.15, 0.2) is 60.7 Å². The Balaban J connectivity index is 2.02. The van der Waals surface area contributed by atoms with Gasteiger partial charge in [0.15, 0.2) is 8.38 Å². The molecule has 0 aliphatic heterocycles.